The lowest BCUT2D eigenvalue weighted by Crippen LogP contribution is -2.47. The Hall–Kier alpha value is -1.70. The Bertz CT molecular complexity index is 725. The van der Waals surface area contributed by atoms with Crippen molar-refractivity contribution in [1.82, 2.24) is 14.7 Å². The second-order valence-electron chi connectivity index (χ2n) is 6.52. The zero-order valence-electron chi connectivity index (χ0n) is 14.4. The number of likely N-dealkylation sites (tertiary alicyclic amines) is 1. The molecule has 4 rings (SSSR count). The molecule has 2 aromatic heterocycles. The number of ether oxygens (including phenoxy) is 2. The number of piperidine rings is 1. The Kier molecular flexibility index (Phi) is 4.62. The Morgan fingerprint density at radius 3 is 2.72 bits per heavy atom. The molecule has 0 N–H and O–H groups in total. The van der Waals surface area contributed by atoms with Crippen LogP contribution in [-0.4, -0.2) is 52.7 Å². The summed E-state index contributed by atoms with van der Waals surface area (Å²) in [5.41, 5.74) is 1.55. The summed E-state index contributed by atoms with van der Waals surface area (Å²) in [6.45, 7) is 5.47. The molecule has 7 heteroatoms. The van der Waals surface area contributed by atoms with Gasteiger partial charge in [-0.15, -0.1) is 11.3 Å². The van der Waals surface area contributed by atoms with Crippen molar-refractivity contribution in [2.45, 2.75) is 38.5 Å². The predicted molar refractivity (Wildman–Crippen MR) is 95.6 cm³/mol. The van der Waals surface area contributed by atoms with E-state index in [1.165, 1.54) is 0 Å². The van der Waals surface area contributed by atoms with Crippen LogP contribution in [0.15, 0.2) is 23.6 Å². The molecule has 4 heterocycles. The first-order chi connectivity index (χ1) is 12.2. The number of rotatable bonds is 4. The predicted octanol–water partition coefficient (Wildman–Crippen LogP) is 3.00. The van der Waals surface area contributed by atoms with Gasteiger partial charge in [-0.25, -0.2) is 0 Å². The average molecular weight is 361 g/mol. The molecule has 1 amide bonds. The zero-order chi connectivity index (χ0) is 17.3. The molecule has 134 valence electrons. The lowest BCUT2D eigenvalue weighted by molar-refractivity contribution is -0.181. The first kappa shape index (κ1) is 16.8. The van der Waals surface area contributed by atoms with Crippen molar-refractivity contribution in [3.8, 4) is 10.6 Å². The Morgan fingerprint density at radius 2 is 2.08 bits per heavy atom. The molecule has 0 radical (unpaired) electrons. The molecule has 0 unspecified atom stereocenters. The van der Waals surface area contributed by atoms with E-state index in [0.29, 0.717) is 32.0 Å². The molecule has 2 aromatic rings. The van der Waals surface area contributed by atoms with Crippen LogP contribution in [0, 0.1) is 0 Å². The minimum absolute atomic E-state index is 0.0524. The highest BCUT2D eigenvalue weighted by atomic mass is 32.1. The minimum Gasteiger partial charge on any atom is -0.347 e. The van der Waals surface area contributed by atoms with E-state index in [-0.39, 0.29) is 5.91 Å². The van der Waals surface area contributed by atoms with Gasteiger partial charge in [0, 0.05) is 32.5 Å². The number of thiophene rings is 1. The van der Waals surface area contributed by atoms with Gasteiger partial charge in [-0.1, -0.05) is 13.0 Å². The van der Waals surface area contributed by atoms with Crippen LogP contribution in [0.25, 0.3) is 10.6 Å². The summed E-state index contributed by atoms with van der Waals surface area (Å²) >= 11 is 1.64. The topological polar surface area (TPSA) is 56.6 Å². The second-order valence-corrected chi connectivity index (χ2v) is 7.46. The van der Waals surface area contributed by atoms with Gasteiger partial charge in [0.05, 0.1) is 18.1 Å². The largest absolute Gasteiger partial charge is 0.347 e. The molecule has 6 nitrogen and oxygen atoms in total. The fourth-order valence-electron chi connectivity index (χ4n) is 3.51. The van der Waals surface area contributed by atoms with E-state index in [9.17, 15) is 4.79 Å². The number of carbonyl (C=O) groups is 1. The molecule has 2 aliphatic heterocycles. The molecule has 0 aromatic carbocycles. The van der Waals surface area contributed by atoms with Gasteiger partial charge < -0.3 is 14.4 Å². The van der Waals surface area contributed by atoms with E-state index in [1.54, 1.807) is 11.3 Å². The number of amides is 1. The lowest BCUT2D eigenvalue weighted by atomic mass is 10.0. The summed E-state index contributed by atoms with van der Waals surface area (Å²) in [4.78, 5) is 16.1. The quantitative estimate of drug-likeness (QED) is 0.840. The van der Waals surface area contributed by atoms with E-state index in [4.69, 9.17) is 9.47 Å². The van der Waals surface area contributed by atoms with E-state index in [2.05, 4.69) is 12.0 Å². The van der Waals surface area contributed by atoms with Gasteiger partial charge in [-0.05, 0) is 23.9 Å². The Labute approximate surface area is 151 Å². The first-order valence-corrected chi connectivity index (χ1v) is 9.78. The monoisotopic (exact) mass is 361 g/mol. The van der Waals surface area contributed by atoms with Gasteiger partial charge >= 0.3 is 0 Å². The maximum atomic E-state index is 13.1. The first-order valence-electron chi connectivity index (χ1n) is 8.90. The molecule has 0 bridgehead atoms. The van der Waals surface area contributed by atoms with Crippen LogP contribution in [-0.2, 0) is 16.0 Å². The summed E-state index contributed by atoms with van der Waals surface area (Å²) in [7, 11) is 0. The van der Waals surface area contributed by atoms with Crippen molar-refractivity contribution in [3.63, 3.8) is 0 Å². The van der Waals surface area contributed by atoms with Crippen molar-refractivity contribution in [2.24, 2.45) is 0 Å². The summed E-state index contributed by atoms with van der Waals surface area (Å²) in [6.07, 6.45) is 2.41. The molecule has 2 fully saturated rings. The van der Waals surface area contributed by atoms with Crippen molar-refractivity contribution < 1.29 is 14.3 Å². The van der Waals surface area contributed by atoms with Crippen LogP contribution in [0.5, 0.6) is 0 Å². The van der Waals surface area contributed by atoms with Crippen molar-refractivity contribution in [2.75, 3.05) is 26.3 Å². The van der Waals surface area contributed by atoms with E-state index in [0.717, 1.165) is 36.4 Å². The van der Waals surface area contributed by atoms with Crippen LogP contribution in [0.3, 0.4) is 0 Å². The van der Waals surface area contributed by atoms with Crippen LogP contribution < -0.4 is 0 Å². The second kappa shape index (κ2) is 6.90. The summed E-state index contributed by atoms with van der Waals surface area (Å²) in [5.74, 6) is -0.403. The minimum atomic E-state index is -0.456. The highest BCUT2D eigenvalue weighted by molar-refractivity contribution is 7.13. The molecule has 0 aliphatic carbocycles. The SMILES string of the molecule is CCCn1nc(-c2cccs2)cc1C(=O)N1CCC2(CC1)OCCO2. The fourth-order valence-corrected chi connectivity index (χ4v) is 4.20. The van der Waals surface area contributed by atoms with E-state index >= 15 is 0 Å². The molecular formula is C18H23N3O3S. The maximum absolute atomic E-state index is 13.1. The lowest BCUT2D eigenvalue weighted by Gasteiger charge is -2.37. The number of nitrogens with zero attached hydrogens (tertiary/aromatic N) is 3. The maximum Gasteiger partial charge on any atom is 0.272 e. The van der Waals surface area contributed by atoms with Gasteiger partial charge in [0.25, 0.3) is 5.91 Å². The number of aromatic nitrogens is 2. The number of aryl methyl sites for hydroxylation is 1. The van der Waals surface area contributed by atoms with E-state index < -0.39 is 5.79 Å². The van der Waals surface area contributed by atoms with E-state index in [1.807, 2.05) is 33.2 Å². The van der Waals surface area contributed by atoms with Gasteiger partial charge in [0.15, 0.2) is 5.79 Å². The third-order valence-electron chi connectivity index (χ3n) is 4.83. The highest BCUT2D eigenvalue weighted by Gasteiger charge is 2.41. The average Bonchev–Trinajstić information content (AvgIpc) is 3.36. The Morgan fingerprint density at radius 1 is 1.32 bits per heavy atom. The molecule has 2 aliphatic rings. The number of hydrogen-bond acceptors (Lipinski definition) is 5. The standard InChI is InChI=1S/C18H23N3O3S/c1-2-7-21-15(13-14(19-21)16-4-3-12-25-16)17(22)20-8-5-18(6-9-20)23-10-11-24-18/h3-4,12-13H,2,5-11H2,1H3. The van der Waals surface area contributed by atoms with Crippen molar-refractivity contribution in [3.05, 3.63) is 29.3 Å². The van der Waals surface area contributed by atoms with Crippen LogP contribution in [0.4, 0.5) is 0 Å². The normalized spacial score (nSPS) is 19.6. The van der Waals surface area contributed by atoms with Gasteiger partial charge in [0.2, 0.25) is 0 Å². The Balaban J connectivity index is 1.53. The van der Waals surface area contributed by atoms with Crippen molar-refractivity contribution in [1.29, 1.82) is 0 Å². The number of carbonyl (C=O) groups excluding carboxylic acids is 1. The molecule has 2 saturated heterocycles. The smallest absolute Gasteiger partial charge is 0.272 e. The van der Waals surface area contributed by atoms with Gasteiger partial charge in [-0.3, -0.25) is 9.48 Å². The zero-order valence-corrected chi connectivity index (χ0v) is 15.3. The van der Waals surface area contributed by atoms with Crippen LogP contribution in [0.2, 0.25) is 0 Å². The fraction of sp³-hybridized carbons (Fsp3) is 0.556. The number of hydrogen-bond donors (Lipinski definition) is 0. The third-order valence-corrected chi connectivity index (χ3v) is 5.73. The molecule has 0 saturated carbocycles. The molecule has 1 spiro atoms. The summed E-state index contributed by atoms with van der Waals surface area (Å²) in [5, 5.41) is 6.69. The highest BCUT2D eigenvalue weighted by Crippen LogP contribution is 2.32. The van der Waals surface area contributed by atoms with Crippen LogP contribution in [0.1, 0.15) is 36.7 Å². The molecule has 0 atom stereocenters. The van der Waals surface area contributed by atoms with Crippen molar-refractivity contribution >= 4 is 17.2 Å². The third kappa shape index (κ3) is 3.23. The molecular weight excluding hydrogens is 338 g/mol. The van der Waals surface area contributed by atoms with Gasteiger partial charge in [0.1, 0.15) is 11.4 Å². The summed E-state index contributed by atoms with van der Waals surface area (Å²) < 4.78 is 13.4. The molecule has 25 heavy (non-hydrogen) atoms. The van der Waals surface area contributed by atoms with Crippen LogP contribution >= 0.6 is 11.3 Å². The summed E-state index contributed by atoms with van der Waals surface area (Å²) in [6, 6.07) is 5.97. The van der Waals surface area contributed by atoms with Gasteiger partial charge in [-0.2, -0.15) is 5.10 Å².